The Kier molecular flexibility index (Phi) is 13.8. The second-order valence-corrected chi connectivity index (χ2v) is 4.80. The lowest BCUT2D eigenvalue weighted by atomic mass is 10.4. The van der Waals surface area contributed by atoms with Gasteiger partial charge in [-0.1, -0.05) is 0 Å². The zero-order chi connectivity index (χ0) is 14.3. The minimum Gasteiger partial charge on any atom is -0.465 e. The first kappa shape index (κ1) is 18.7. The third kappa shape index (κ3) is 12.4. The molecule has 0 bridgehead atoms. The highest BCUT2D eigenvalue weighted by Gasteiger charge is 2.13. The minimum absolute atomic E-state index is 0.345. The van der Waals surface area contributed by atoms with Gasteiger partial charge in [0.1, 0.15) is 6.04 Å². The van der Waals surface area contributed by atoms with Gasteiger partial charge in [-0.3, -0.25) is 4.79 Å². The Morgan fingerprint density at radius 1 is 1.16 bits per heavy atom. The third-order valence-corrected chi connectivity index (χ3v) is 3.11. The van der Waals surface area contributed by atoms with Crippen molar-refractivity contribution in [1.29, 1.82) is 0 Å². The number of rotatable bonds is 13. The van der Waals surface area contributed by atoms with Gasteiger partial charge in [-0.15, -0.1) is 0 Å². The Hall–Kier alpha value is -0.340. The number of hydrogen-bond acceptors (Lipinski definition) is 7. The molecule has 0 aliphatic rings. The summed E-state index contributed by atoms with van der Waals surface area (Å²) in [6.45, 7) is 5.06. The van der Waals surface area contributed by atoms with E-state index in [1.54, 1.807) is 25.8 Å². The molecule has 6 nitrogen and oxygen atoms in total. The van der Waals surface area contributed by atoms with Crippen molar-refractivity contribution in [3.8, 4) is 0 Å². The topological polar surface area (TPSA) is 80.0 Å². The molecule has 0 aromatic heterocycles. The quantitative estimate of drug-likeness (QED) is 0.386. The zero-order valence-electron chi connectivity index (χ0n) is 11.8. The molecule has 19 heavy (non-hydrogen) atoms. The van der Waals surface area contributed by atoms with Crippen LogP contribution in [0.15, 0.2) is 0 Å². The molecule has 1 unspecified atom stereocenters. The molecule has 0 saturated heterocycles. The number of carbonyl (C=O) groups excluding carboxylic acids is 1. The van der Waals surface area contributed by atoms with Crippen molar-refractivity contribution in [2.75, 3.05) is 58.3 Å². The Balaban J connectivity index is 3.20. The average molecular weight is 295 g/mol. The fourth-order valence-electron chi connectivity index (χ4n) is 1.11. The van der Waals surface area contributed by atoms with Gasteiger partial charge >= 0.3 is 5.97 Å². The van der Waals surface area contributed by atoms with Crippen LogP contribution in [0.4, 0.5) is 0 Å². The highest BCUT2D eigenvalue weighted by atomic mass is 32.2. The van der Waals surface area contributed by atoms with Crippen LogP contribution in [-0.2, 0) is 23.7 Å². The molecule has 0 rings (SSSR count). The van der Waals surface area contributed by atoms with Gasteiger partial charge in [0.05, 0.1) is 39.6 Å². The molecule has 0 spiro atoms. The van der Waals surface area contributed by atoms with Crippen LogP contribution >= 0.6 is 11.8 Å². The highest BCUT2D eigenvalue weighted by molar-refractivity contribution is 7.99. The maximum absolute atomic E-state index is 11.2. The van der Waals surface area contributed by atoms with E-state index in [9.17, 15) is 4.79 Å². The summed E-state index contributed by atoms with van der Waals surface area (Å²) in [5.41, 5.74) is 5.64. The van der Waals surface area contributed by atoms with Crippen LogP contribution in [0.2, 0.25) is 0 Å². The molecule has 0 radical (unpaired) electrons. The molecule has 0 fully saturated rings. The monoisotopic (exact) mass is 295 g/mol. The van der Waals surface area contributed by atoms with Gasteiger partial charge in [0.25, 0.3) is 0 Å². The van der Waals surface area contributed by atoms with Gasteiger partial charge in [0, 0.05) is 18.6 Å². The van der Waals surface area contributed by atoms with Crippen LogP contribution < -0.4 is 5.73 Å². The number of carbonyl (C=O) groups is 1. The Labute approximate surface area is 119 Å². The maximum atomic E-state index is 11.2. The number of ether oxygens (including phenoxy) is 4. The van der Waals surface area contributed by atoms with E-state index in [0.29, 0.717) is 45.4 Å². The van der Waals surface area contributed by atoms with Gasteiger partial charge in [-0.25, -0.2) is 0 Å². The van der Waals surface area contributed by atoms with Crippen molar-refractivity contribution < 1.29 is 23.7 Å². The first-order chi connectivity index (χ1) is 9.22. The van der Waals surface area contributed by atoms with E-state index >= 15 is 0 Å². The summed E-state index contributed by atoms with van der Waals surface area (Å²) in [4.78, 5) is 11.2. The fourth-order valence-corrected chi connectivity index (χ4v) is 1.90. The van der Waals surface area contributed by atoms with Gasteiger partial charge in [-0.05, 0) is 6.92 Å². The van der Waals surface area contributed by atoms with Crippen molar-refractivity contribution in [3.05, 3.63) is 0 Å². The molecule has 0 heterocycles. The lowest BCUT2D eigenvalue weighted by Gasteiger charge is -2.10. The number of nitrogens with two attached hydrogens (primary N) is 1. The van der Waals surface area contributed by atoms with E-state index in [4.69, 9.17) is 24.7 Å². The number of hydrogen-bond donors (Lipinski definition) is 1. The predicted octanol–water partition coefficient (Wildman–Crippen LogP) is 0.290. The summed E-state index contributed by atoms with van der Waals surface area (Å²) in [6.07, 6.45) is 0. The number of methoxy groups -OCH3 is 1. The number of esters is 1. The molecular formula is C12H25NO5S. The smallest absolute Gasteiger partial charge is 0.323 e. The SMILES string of the molecule is CCOC(=O)C(N)CSCCOCCOCCOC. The lowest BCUT2D eigenvalue weighted by molar-refractivity contribution is -0.144. The van der Waals surface area contributed by atoms with E-state index < -0.39 is 6.04 Å². The van der Waals surface area contributed by atoms with Gasteiger partial charge in [0.2, 0.25) is 0 Å². The van der Waals surface area contributed by atoms with Crippen LogP contribution in [0, 0.1) is 0 Å². The molecule has 0 aliphatic carbocycles. The van der Waals surface area contributed by atoms with E-state index in [1.165, 1.54) is 0 Å². The zero-order valence-corrected chi connectivity index (χ0v) is 12.6. The van der Waals surface area contributed by atoms with Gasteiger partial charge in [0.15, 0.2) is 0 Å². The summed E-state index contributed by atoms with van der Waals surface area (Å²) in [5.74, 6) is 1.00. The van der Waals surface area contributed by atoms with Gasteiger partial charge in [-0.2, -0.15) is 11.8 Å². The average Bonchev–Trinajstić information content (AvgIpc) is 2.41. The summed E-state index contributed by atoms with van der Waals surface area (Å²) < 4.78 is 20.3. The van der Waals surface area contributed by atoms with Gasteiger partial charge < -0.3 is 24.7 Å². The van der Waals surface area contributed by atoms with Crippen LogP contribution in [0.3, 0.4) is 0 Å². The van der Waals surface area contributed by atoms with Crippen molar-refractivity contribution in [2.24, 2.45) is 5.73 Å². The molecule has 2 N–H and O–H groups in total. The van der Waals surface area contributed by atoms with Crippen LogP contribution in [0.25, 0.3) is 0 Å². The van der Waals surface area contributed by atoms with E-state index in [2.05, 4.69) is 0 Å². The van der Waals surface area contributed by atoms with Crippen molar-refractivity contribution in [2.45, 2.75) is 13.0 Å². The number of thioether (sulfide) groups is 1. The fraction of sp³-hybridized carbons (Fsp3) is 0.917. The molecule has 0 saturated carbocycles. The molecule has 1 atom stereocenters. The molecule has 7 heteroatoms. The summed E-state index contributed by atoms with van der Waals surface area (Å²) in [7, 11) is 1.64. The first-order valence-electron chi connectivity index (χ1n) is 6.36. The summed E-state index contributed by atoms with van der Waals surface area (Å²) in [5, 5.41) is 0. The first-order valence-corrected chi connectivity index (χ1v) is 7.52. The molecule has 0 aliphatic heterocycles. The molecule has 0 aromatic rings. The Morgan fingerprint density at radius 2 is 1.79 bits per heavy atom. The van der Waals surface area contributed by atoms with Crippen molar-refractivity contribution in [3.63, 3.8) is 0 Å². The largest absolute Gasteiger partial charge is 0.465 e. The standard InChI is InChI=1S/C12H25NO5S/c1-3-18-12(14)11(13)10-19-9-8-17-7-6-16-5-4-15-2/h11H,3-10,13H2,1-2H3. The Bertz CT molecular complexity index is 218. The Morgan fingerprint density at radius 3 is 2.42 bits per heavy atom. The summed E-state index contributed by atoms with van der Waals surface area (Å²) in [6, 6.07) is -0.553. The van der Waals surface area contributed by atoms with Crippen LogP contribution in [0.1, 0.15) is 6.92 Å². The lowest BCUT2D eigenvalue weighted by Crippen LogP contribution is -2.34. The summed E-state index contributed by atoms with van der Waals surface area (Å²) >= 11 is 1.58. The molecule has 0 amide bonds. The van der Waals surface area contributed by atoms with Crippen molar-refractivity contribution >= 4 is 17.7 Å². The van der Waals surface area contributed by atoms with Crippen LogP contribution in [-0.4, -0.2) is 70.3 Å². The molecule has 114 valence electrons. The normalized spacial score (nSPS) is 12.4. The second-order valence-electron chi connectivity index (χ2n) is 3.65. The second kappa shape index (κ2) is 14.1. The van der Waals surface area contributed by atoms with Crippen LogP contribution in [0.5, 0.6) is 0 Å². The minimum atomic E-state index is -0.553. The predicted molar refractivity (Wildman–Crippen MR) is 75.4 cm³/mol. The van der Waals surface area contributed by atoms with E-state index in [0.717, 1.165) is 5.75 Å². The maximum Gasteiger partial charge on any atom is 0.323 e. The highest BCUT2D eigenvalue weighted by Crippen LogP contribution is 2.02. The van der Waals surface area contributed by atoms with E-state index in [1.807, 2.05) is 0 Å². The van der Waals surface area contributed by atoms with E-state index in [-0.39, 0.29) is 5.97 Å². The van der Waals surface area contributed by atoms with Crippen molar-refractivity contribution in [1.82, 2.24) is 0 Å². The molecule has 0 aromatic carbocycles. The molecular weight excluding hydrogens is 270 g/mol. The third-order valence-electron chi connectivity index (χ3n) is 2.06.